The van der Waals surface area contributed by atoms with Crippen LogP contribution in [0.3, 0.4) is 0 Å². The fourth-order valence-electron chi connectivity index (χ4n) is 2.47. The van der Waals surface area contributed by atoms with E-state index in [9.17, 15) is 9.18 Å². The van der Waals surface area contributed by atoms with Gasteiger partial charge < -0.3 is 4.74 Å². The van der Waals surface area contributed by atoms with Crippen molar-refractivity contribution in [1.29, 1.82) is 5.26 Å². The zero-order chi connectivity index (χ0) is 17.6. The van der Waals surface area contributed by atoms with Gasteiger partial charge in [-0.2, -0.15) is 10.4 Å². The van der Waals surface area contributed by atoms with Crippen LogP contribution in [0.5, 0.6) is 0 Å². The molecular formula is C19H14FN3O2. The average Bonchev–Trinajstić information content (AvgIpc) is 3.16. The molecule has 1 unspecified atom stereocenters. The van der Waals surface area contributed by atoms with E-state index >= 15 is 0 Å². The number of aromatic nitrogens is 2. The van der Waals surface area contributed by atoms with Gasteiger partial charge >= 0.3 is 5.97 Å². The fourth-order valence-corrected chi connectivity index (χ4v) is 2.47. The van der Waals surface area contributed by atoms with Gasteiger partial charge in [0.1, 0.15) is 12.4 Å². The first kappa shape index (κ1) is 16.4. The van der Waals surface area contributed by atoms with E-state index in [2.05, 4.69) is 5.10 Å². The molecule has 2 aromatic carbocycles. The minimum absolute atomic E-state index is 0.118. The van der Waals surface area contributed by atoms with E-state index in [-0.39, 0.29) is 12.2 Å². The lowest BCUT2D eigenvalue weighted by molar-refractivity contribution is -0.147. The summed E-state index contributed by atoms with van der Waals surface area (Å²) in [6, 6.07) is 15.8. The molecule has 1 atom stereocenters. The highest BCUT2D eigenvalue weighted by molar-refractivity contribution is 5.78. The van der Waals surface area contributed by atoms with Crippen LogP contribution < -0.4 is 0 Å². The van der Waals surface area contributed by atoms with Crippen molar-refractivity contribution >= 4 is 5.97 Å². The third kappa shape index (κ3) is 3.72. The molecule has 1 aromatic heterocycles. The molecule has 5 nitrogen and oxygen atoms in total. The summed E-state index contributed by atoms with van der Waals surface area (Å²) in [4.78, 5) is 12.6. The van der Waals surface area contributed by atoms with E-state index in [4.69, 9.17) is 10.00 Å². The van der Waals surface area contributed by atoms with Gasteiger partial charge in [-0.1, -0.05) is 36.4 Å². The van der Waals surface area contributed by atoms with Crippen molar-refractivity contribution in [3.63, 3.8) is 0 Å². The Balaban J connectivity index is 1.82. The Hall–Kier alpha value is -3.46. The summed E-state index contributed by atoms with van der Waals surface area (Å²) in [7, 11) is 0. The number of hydrogen-bond donors (Lipinski definition) is 0. The quantitative estimate of drug-likeness (QED) is 0.671. The standard InChI is InChI=1S/C19H14FN3O2/c20-17-8-7-15(16(11-17)12-21)13-25-19(24)18(23-10-4-9-22-23)14-5-2-1-3-6-14/h1-11,18H,13H2. The zero-order valence-electron chi connectivity index (χ0n) is 13.2. The number of nitriles is 1. The van der Waals surface area contributed by atoms with Crippen molar-refractivity contribution in [1.82, 2.24) is 9.78 Å². The third-order valence-electron chi connectivity index (χ3n) is 3.69. The van der Waals surface area contributed by atoms with Crippen LogP contribution in [0.4, 0.5) is 4.39 Å². The predicted molar refractivity (Wildman–Crippen MR) is 87.7 cm³/mol. The molecule has 0 bridgehead atoms. The normalized spacial score (nSPS) is 11.5. The number of carbonyl (C=O) groups excluding carboxylic acids is 1. The molecule has 0 spiro atoms. The molecule has 0 N–H and O–H groups in total. The van der Waals surface area contributed by atoms with Gasteiger partial charge in [0.25, 0.3) is 0 Å². The van der Waals surface area contributed by atoms with Gasteiger partial charge in [0, 0.05) is 18.0 Å². The van der Waals surface area contributed by atoms with Gasteiger partial charge in [-0.25, -0.2) is 9.18 Å². The topological polar surface area (TPSA) is 67.9 Å². The molecule has 0 fully saturated rings. The van der Waals surface area contributed by atoms with Crippen molar-refractivity contribution in [2.24, 2.45) is 0 Å². The summed E-state index contributed by atoms with van der Waals surface area (Å²) in [6.07, 6.45) is 3.26. The Morgan fingerprint density at radius 3 is 2.72 bits per heavy atom. The van der Waals surface area contributed by atoms with Gasteiger partial charge in [0.05, 0.1) is 11.6 Å². The summed E-state index contributed by atoms with van der Waals surface area (Å²) in [5.74, 6) is -1.02. The number of benzene rings is 2. The number of carbonyl (C=O) groups is 1. The summed E-state index contributed by atoms with van der Waals surface area (Å²) in [5.41, 5.74) is 1.32. The molecule has 6 heteroatoms. The molecule has 124 valence electrons. The lowest BCUT2D eigenvalue weighted by Crippen LogP contribution is -2.23. The first-order valence-electron chi connectivity index (χ1n) is 7.58. The smallest absolute Gasteiger partial charge is 0.335 e. The molecule has 0 aliphatic carbocycles. The van der Waals surface area contributed by atoms with E-state index < -0.39 is 17.8 Å². The zero-order valence-corrected chi connectivity index (χ0v) is 13.2. The van der Waals surface area contributed by atoms with E-state index in [1.165, 1.54) is 16.8 Å². The molecule has 0 aliphatic rings. The minimum atomic E-state index is -0.734. The highest BCUT2D eigenvalue weighted by Crippen LogP contribution is 2.20. The maximum atomic E-state index is 13.2. The van der Waals surface area contributed by atoms with Crippen LogP contribution in [-0.4, -0.2) is 15.7 Å². The molecule has 0 radical (unpaired) electrons. The van der Waals surface area contributed by atoms with Gasteiger partial charge in [-0.15, -0.1) is 0 Å². The number of hydrogen-bond acceptors (Lipinski definition) is 4. The minimum Gasteiger partial charge on any atom is -0.459 e. The Morgan fingerprint density at radius 1 is 1.24 bits per heavy atom. The van der Waals surface area contributed by atoms with E-state index in [1.807, 2.05) is 36.4 Å². The van der Waals surface area contributed by atoms with Crippen LogP contribution in [0.15, 0.2) is 67.0 Å². The molecule has 3 rings (SSSR count). The van der Waals surface area contributed by atoms with E-state index in [1.54, 1.807) is 18.5 Å². The Morgan fingerprint density at radius 2 is 2.04 bits per heavy atom. The Kier molecular flexibility index (Phi) is 4.86. The van der Waals surface area contributed by atoms with E-state index in [0.29, 0.717) is 5.56 Å². The number of nitrogens with zero attached hydrogens (tertiary/aromatic N) is 3. The van der Waals surface area contributed by atoms with Crippen LogP contribution in [0.2, 0.25) is 0 Å². The lowest BCUT2D eigenvalue weighted by Gasteiger charge is -2.17. The second-order valence-corrected chi connectivity index (χ2v) is 5.32. The number of halogens is 1. The highest BCUT2D eigenvalue weighted by atomic mass is 19.1. The average molecular weight is 335 g/mol. The van der Waals surface area contributed by atoms with E-state index in [0.717, 1.165) is 11.6 Å². The first-order chi connectivity index (χ1) is 12.2. The molecule has 0 amide bonds. The van der Waals surface area contributed by atoms with Crippen molar-refractivity contribution in [2.75, 3.05) is 0 Å². The number of rotatable bonds is 5. The van der Waals surface area contributed by atoms with Crippen molar-refractivity contribution in [3.05, 3.63) is 89.5 Å². The van der Waals surface area contributed by atoms with Crippen molar-refractivity contribution < 1.29 is 13.9 Å². The molecule has 3 aromatic rings. The Labute approximate surface area is 143 Å². The number of ether oxygens (including phenoxy) is 1. The van der Waals surface area contributed by atoms with Gasteiger partial charge in [0.15, 0.2) is 6.04 Å². The van der Waals surface area contributed by atoms with Crippen molar-refractivity contribution in [3.8, 4) is 6.07 Å². The highest BCUT2D eigenvalue weighted by Gasteiger charge is 2.24. The second kappa shape index (κ2) is 7.41. The lowest BCUT2D eigenvalue weighted by atomic mass is 10.1. The maximum absolute atomic E-state index is 13.2. The third-order valence-corrected chi connectivity index (χ3v) is 3.69. The van der Waals surface area contributed by atoms with Crippen LogP contribution in [0, 0.1) is 17.1 Å². The van der Waals surface area contributed by atoms with Gasteiger partial charge in [-0.3, -0.25) is 4.68 Å². The maximum Gasteiger partial charge on any atom is 0.335 e. The van der Waals surface area contributed by atoms with Crippen LogP contribution in [0.1, 0.15) is 22.7 Å². The molecule has 0 aliphatic heterocycles. The van der Waals surface area contributed by atoms with Crippen LogP contribution >= 0.6 is 0 Å². The Bertz CT molecular complexity index is 902. The molecule has 25 heavy (non-hydrogen) atoms. The number of esters is 1. The van der Waals surface area contributed by atoms with Crippen molar-refractivity contribution in [2.45, 2.75) is 12.6 Å². The summed E-state index contributed by atoms with van der Waals surface area (Å²) in [5, 5.41) is 13.2. The molecule has 0 saturated carbocycles. The van der Waals surface area contributed by atoms with Crippen LogP contribution in [0.25, 0.3) is 0 Å². The summed E-state index contributed by atoms with van der Waals surface area (Å²) in [6.45, 7) is -0.118. The largest absolute Gasteiger partial charge is 0.459 e. The van der Waals surface area contributed by atoms with Gasteiger partial charge in [-0.05, 0) is 23.8 Å². The monoisotopic (exact) mass is 335 g/mol. The first-order valence-corrected chi connectivity index (χ1v) is 7.58. The second-order valence-electron chi connectivity index (χ2n) is 5.32. The fraction of sp³-hybridized carbons (Fsp3) is 0.105. The summed E-state index contributed by atoms with van der Waals surface area (Å²) < 4.78 is 20.1. The molecule has 1 heterocycles. The molecule has 0 saturated heterocycles. The van der Waals surface area contributed by atoms with Crippen LogP contribution in [-0.2, 0) is 16.1 Å². The van der Waals surface area contributed by atoms with Gasteiger partial charge in [0.2, 0.25) is 0 Å². The predicted octanol–water partition coefficient (Wildman–Crippen LogP) is 3.23. The SMILES string of the molecule is N#Cc1cc(F)ccc1COC(=O)C(c1ccccc1)n1cccn1. The molecular weight excluding hydrogens is 321 g/mol. The summed E-state index contributed by atoms with van der Waals surface area (Å²) >= 11 is 0.